The normalized spacial score (nSPS) is 12.6. The Labute approximate surface area is 199 Å². The van der Waals surface area contributed by atoms with E-state index in [1.807, 2.05) is 0 Å². The Balaban J connectivity index is -0.000000174. The van der Waals surface area contributed by atoms with Crippen molar-refractivity contribution in [3.05, 3.63) is 0 Å². The second-order valence-corrected chi connectivity index (χ2v) is 6.63. The number of carboxylic acid groups (broad SMARTS) is 3. The van der Waals surface area contributed by atoms with E-state index in [1.165, 1.54) is 0 Å². The van der Waals surface area contributed by atoms with E-state index in [4.69, 9.17) is 34.4 Å². The number of hydrogen-bond acceptors (Lipinski definition) is 12. The molecule has 0 bridgehead atoms. The van der Waals surface area contributed by atoms with Crippen molar-refractivity contribution in [2.24, 2.45) is 34.4 Å². The first-order valence-electron chi connectivity index (χ1n) is 10.0. The van der Waals surface area contributed by atoms with Gasteiger partial charge in [-0.2, -0.15) is 0 Å². The van der Waals surface area contributed by atoms with Crippen LogP contribution in [-0.2, 0) is 36.8 Å². The van der Waals surface area contributed by atoms with Gasteiger partial charge in [-0.05, 0) is 58.2 Å². The van der Waals surface area contributed by atoms with E-state index in [-0.39, 0.29) is 22.4 Å². The molecule has 12 nitrogen and oxygen atoms in total. The van der Waals surface area contributed by atoms with Gasteiger partial charge >= 0.3 is 22.4 Å². The molecule has 0 aromatic rings. The topological polar surface area (TPSA) is 277 Å². The van der Waals surface area contributed by atoms with E-state index in [2.05, 4.69) is 0 Å². The van der Waals surface area contributed by atoms with Gasteiger partial charge in [0.25, 0.3) is 0 Å². The Morgan fingerprint density at radius 2 is 0.710 bits per heavy atom. The minimum atomic E-state index is -1.18. The molecule has 12 N–H and O–H groups in total. The SMILES string of the molecule is NCCCC[C@H](N)C(=O)[O-].NCCCC[C@H](N)C(=O)[O-].NCCCC[C@H](N)C(=O)[O-].[Au+3]. The van der Waals surface area contributed by atoms with Gasteiger partial charge in [-0.1, -0.05) is 19.3 Å². The van der Waals surface area contributed by atoms with Crippen molar-refractivity contribution in [1.82, 2.24) is 0 Å². The van der Waals surface area contributed by atoms with Crippen LogP contribution in [0.4, 0.5) is 0 Å². The monoisotopic (exact) mass is 632 g/mol. The molecule has 0 heterocycles. The molecule has 13 heteroatoms. The molecule has 0 amide bonds. The van der Waals surface area contributed by atoms with Crippen LogP contribution in [0.5, 0.6) is 0 Å². The summed E-state index contributed by atoms with van der Waals surface area (Å²) in [5, 5.41) is 30.1. The molecule has 0 aliphatic carbocycles. The molecule has 0 aromatic heterocycles. The number of carboxylic acids is 3. The first-order chi connectivity index (χ1) is 14.0. The van der Waals surface area contributed by atoms with E-state index >= 15 is 0 Å². The van der Waals surface area contributed by atoms with Crippen LogP contribution in [0.2, 0.25) is 0 Å². The second-order valence-electron chi connectivity index (χ2n) is 6.63. The number of carbonyl (C=O) groups is 3. The van der Waals surface area contributed by atoms with Crippen LogP contribution in [0.15, 0.2) is 0 Å². The fourth-order valence-corrected chi connectivity index (χ4v) is 1.88. The molecular weight excluding hydrogens is 593 g/mol. The number of hydrogen-bond donors (Lipinski definition) is 6. The Kier molecular flexibility index (Phi) is 32.4. The van der Waals surface area contributed by atoms with Crippen LogP contribution in [0.25, 0.3) is 0 Å². The van der Waals surface area contributed by atoms with Crippen LogP contribution >= 0.6 is 0 Å². The van der Waals surface area contributed by atoms with Crippen LogP contribution < -0.4 is 49.7 Å². The van der Waals surface area contributed by atoms with Crippen LogP contribution in [0.1, 0.15) is 57.8 Å². The van der Waals surface area contributed by atoms with Crippen LogP contribution in [0, 0.1) is 0 Å². The fourth-order valence-electron chi connectivity index (χ4n) is 1.88. The molecule has 0 saturated carbocycles. The molecule has 0 rings (SSSR count). The summed E-state index contributed by atoms with van der Waals surface area (Å²) < 4.78 is 0. The molecule has 0 unspecified atom stereocenters. The average Bonchev–Trinajstić information content (AvgIpc) is 2.69. The molecule has 0 aromatic carbocycles. The van der Waals surface area contributed by atoms with Crippen LogP contribution in [-0.4, -0.2) is 55.7 Å². The molecule has 0 spiro atoms. The van der Waals surface area contributed by atoms with Crippen molar-refractivity contribution in [2.45, 2.75) is 75.9 Å². The quantitative estimate of drug-likeness (QED) is 0.0729. The smallest absolute Gasteiger partial charge is 0.548 e. The third-order valence-electron chi connectivity index (χ3n) is 3.82. The largest absolute Gasteiger partial charge is 3.00 e. The molecule has 3 atom stereocenters. The zero-order valence-electron chi connectivity index (χ0n) is 17.9. The predicted octanol–water partition coefficient (Wildman–Crippen LogP) is -5.42. The van der Waals surface area contributed by atoms with Crippen molar-refractivity contribution < 1.29 is 52.1 Å². The van der Waals surface area contributed by atoms with E-state index in [0.29, 0.717) is 38.9 Å². The van der Waals surface area contributed by atoms with Gasteiger partial charge in [0.1, 0.15) is 0 Å². The average molecular weight is 633 g/mol. The summed E-state index contributed by atoms with van der Waals surface area (Å²) in [5.74, 6) is -3.55. The summed E-state index contributed by atoms with van der Waals surface area (Å²) >= 11 is 0. The number of aliphatic carboxylic acids is 3. The van der Waals surface area contributed by atoms with E-state index < -0.39 is 36.0 Å². The van der Waals surface area contributed by atoms with Crippen LogP contribution in [0.3, 0.4) is 0 Å². The van der Waals surface area contributed by atoms with E-state index in [0.717, 1.165) is 38.5 Å². The third kappa shape index (κ3) is 31.2. The molecule has 0 aliphatic rings. The standard InChI is InChI=1S/3C6H14N2O2.Au/c3*7-4-2-1-3-5(8)6(9)10;/h3*5H,1-4,7-8H2,(H,9,10);/q;;;+3/p-3/t3*5-;/m000./s1. The van der Waals surface area contributed by atoms with Gasteiger partial charge in [0, 0.05) is 18.1 Å². The molecule has 0 aliphatic heterocycles. The summed E-state index contributed by atoms with van der Waals surface area (Å²) in [7, 11) is 0. The van der Waals surface area contributed by atoms with E-state index in [1.54, 1.807) is 0 Å². The van der Waals surface area contributed by atoms with E-state index in [9.17, 15) is 29.7 Å². The first-order valence-corrected chi connectivity index (χ1v) is 10.0. The number of rotatable bonds is 15. The molecule has 0 saturated heterocycles. The van der Waals surface area contributed by atoms with Gasteiger partial charge in [-0.15, -0.1) is 0 Å². The summed E-state index contributed by atoms with van der Waals surface area (Å²) in [6, 6.07) is -2.48. The van der Waals surface area contributed by atoms with Crippen molar-refractivity contribution in [3.8, 4) is 0 Å². The maximum Gasteiger partial charge on any atom is 3.00 e. The summed E-state index contributed by atoms with van der Waals surface area (Å²) in [5.41, 5.74) is 31.0. The van der Waals surface area contributed by atoms with Gasteiger partial charge in [0.05, 0.1) is 17.9 Å². The Hall–Kier alpha value is -1.09. The molecule has 0 fully saturated rings. The zero-order chi connectivity index (χ0) is 23.9. The van der Waals surface area contributed by atoms with Crippen molar-refractivity contribution >= 4 is 17.9 Å². The predicted molar refractivity (Wildman–Crippen MR) is 108 cm³/mol. The summed E-state index contributed by atoms with van der Waals surface area (Å²) in [4.78, 5) is 30.1. The minimum Gasteiger partial charge on any atom is -0.548 e. The Morgan fingerprint density at radius 3 is 0.839 bits per heavy atom. The van der Waals surface area contributed by atoms with Gasteiger partial charge in [-0.3, -0.25) is 0 Å². The number of carbonyl (C=O) groups excluding carboxylic acids is 3. The van der Waals surface area contributed by atoms with Gasteiger partial charge in [0.2, 0.25) is 0 Å². The minimum absolute atomic E-state index is 0. The van der Waals surface area contributed by atoms with Gasteiger partial charge < -0.3 is 64.1 Å². The zero-order valence-corrected chi connectivity index (χ0v) is 20.1. The van der Waals surface area contributed by atoms with Gasteiger partial charge in [-0.25, -0.2) is 0 Å². The molecule has 0 radical (unpaired) electrons. The van der Waals surface area contributed by atoms with Crippen molar-refractivity contribution in [2.75, 3.05) is 19.6 Å². The second kappa shape index (κ2) is 26.9. The fraction of sp³-hybridized carbons (Fsp3) is 0.833. The number of unbranched alkanes of at least 4 members (excludes halogenated alkanes) is 3. The Bertz CT molecular complexity index is 386. The Morgan fingerprint density at radius 1 is 0.516 bits per heavy atom. The summed E-state index contributed by atoms with van der Waals surface area (Å²) in [6.45, 7) is 1.75. The number of nitrogens with two attached hydrogens (primary N) is 6. The maximum atomic E-state index is 10.0. The first kappa shape index (κ1) is 37.2. The molecular formula is C18H39AuN6O6. The summed E-state index contributed by atoms with van der Waals surface area (Å²) in [6.07, 6.45) is 6.10. The maximum absolute atomic E-state index is 10.0. The van der Waals surface area contributed by atoms with Crippen molar-refractivity contribution in [3.63, 3.8) is 0 Å². The molecule has 31 heavy (non-hydrogen) atoms. The third-order valence-corrected chi connectivity index (χ3v) is 3.82. The molecule has 188 valence electrons. The van der Waals surface area contributed by atoms with Crippen molar-refractivity contribution in [1.29, 1.82) is 0 Å². The van der Waals surface area contributed by atoms with Gasteiger partial charge in [0.15, 0.2) is 0 Å².